The third-order valence-corrected chi connectivity index (χ3v) is 7.47. The van der Waals surface area contributed by atoms with E-state index in [1.807, 2.05) is 11.4 Å². The van der Waals surface area contributed by atoms with E-state index in [4.69, 9.17) is 10.2 Å². The molecular weight excluding hydrogens is 354 g/mol. The second kappa shape index (κ2) is 8.42. The van der Waals surface area contributed by atoms with Crippen molar-refractivity contribution in [2.45, 2.75) is 81.8 Å². The van der Waals surface area contributed by atoms with E-state index in [0.29, 0.717) is 12.3 Å². The average molecular weight is 390 g/mol. The molecule has 2 aromatic rings. The fourth-order valence-electron chi connectivity index (χ4n) is 5.05. The maximum atomic E-state index is 9.49. The molecule has 1 aliphatic carbocycles. The van der Waals surface area contributed by atoms with E-state index in [9.17, 15) is 5.11 Å². The van der Waals surface area contributed by atoms with Gasteiger partial charge in [-0.25, -0.2) is 0 Å². The summed E-state index contributed by atoms with van der Waals surface area (Å²) in [5.41, 5.74) is 0.984. The van der Waals surface area contributed by atoms with Crippen LogP contribution in [-0.2, 0) is 23.2 Å². The third-order valence-electron chi connectivity index (χ3n) is 6.45. The number of rotatable bonds is 7. The van der Waals surface area contributed by atoms with Gasteiger partial charge in [-0.2, -0.15) is 0 Å². The highest BCUT2D eigenvalue weighted by molar-refractivity contribution is 7.10. The number of thiophene rings is 1. The lowest BCUT2D eigenvalue weighted by atomic mass is 9.67. The molecule has 2 fully saturated rings. The molecule has 0 unspecified atom stereocenters. The molecule has 27 heavy (non-hydrogen) atoms. The molecule has 0 aromatic carbocycles. The molecule has 2 aliphatic rings. The smallest absolute Gasteiger partial charge is 0.0840 e. The van der Waals surface area contributed by atoms with Gasteiger partial charge in [0.25, 0.3) is 0 Å². The number of ether oxygens (including phenoxy) is 1. The van der Waals surface area contributed by atoms with Crippen LogP contribution in [-0.4, -0.2) is 22.3 Å². The highest BCUT2D eigenvalue weighted by atomic mass is 32.1. The lowest BCUT2D eigenvalue weighted by Gasteiger charge is -2.46. The molecule has 1 aliphatic heterocycles. The van der Waals surface area contributed by atoms with E-state index >= 15 is 0 Å². The number of pyridine rings is 1. The van der Waals surface area contributed by atoms with E-state index in [2.05, 4.69) is 4.98 Å². The topological polar surface area (TPSA) is 42.4 Å². The zero-order valence-corrected chi connectivity index (χ0v) is 16.7. The number of hydrogen-bond donors (Lipinski definition) is 1. The van der Waals surface area contributed by atoms with E-state index in [-0.39, 0.29) is 41.9 Å². The minimum atomic E-state index is -0.381. The summed E-state index contributed by atoms with van der Waals surface area (Å²) in [6.07, 6.45) is 9.37. The van der Waals surface area contributed by atoms with Crippen LogP contribution in [0.4, 0.5) is 0 Å². The van der Waals surface area contributed by atoms with Gasteiger partial charge < -0.3 is 9.84 Å². The number of unbranched alkanes of at least 4 members (excludes halogenated alkanes) is 1. The molecule has 1 atom stereocenters. The van der Waals surface area contributed by atoms with E-state index in [1.54, 1.807) is 11.3 Å². The Hall–Kier alpha value is -1.23. The molecule has 2 aromatic heterocycles. The van der Waals surface area contributed by atoms with Crippen LogP contribution in [0, 0.1) is 0 Å². The minimum Gasteiger partial charge on any atom is -0.392 e. The summed E-state index contributed by atoms with van der Waals surface area (Å²) in [4.78, 5) is 5.66. The van der Waals surface area contributed by atoms with Gasteiger partial charge >= 0.3 is 0 Å². The van der Waals surface area contributed by atoms with E-state index in [1.165, 1.54) is 4.88 Å². The predicted molar refractivity (Wildman–Crippen MR) is 110 cm³/mol. The zero-order valence-electron chi connectivity index (χ0n) is 19.9. The van der Waals surface area contributed by atoms with Crippen LogP contribution in [0.1, 0.15) is 79.4 Å². The predicted octanol–water partition coefficient (Wildman–Crippen LogP) is 5.41. The molecule has 0 amide bonds. The van der Waals surface area contributed by atoms with Crippen LogP contribution in [0.15, 0.2) is 35.7 Å². The van der Waals surface area contributed by atoms with Crippen molar-refractivity contribution in [1.82, 2.24) is 4.98 Å². The molecule has 4 rings (SSSR count). The van der Waals surface area contributed by atoms with Gasteiger partial charge in [0.05, 0.1) is 17.7 Å². The van der Waals surface area contributed by atoms with Crippen LogP contribution < -0.4 is 0 Å². The van der Waals surface area contributed by atoms with Gasteiger partial charge in [-0.05, 0) is 74.0 Å². The summed E-state index contributed by atoms with van der Waals surface area (Å²) >= 11 is 1.69. The second-order valence-electron chi connectivity index (χ2n) is 8.13. The Morgan fingerprint density at radius 2 is 2.11 bits per heavy atom. The lowest BCUT2D eigenvalue weighted by molar-refractivity contribution is -0.104. The molecule has 1 spiro atoms. The maximum Gasteiger partial charge on any atom is 0.0840 e. The van der Waals surface area contributed by atoms with Crippen LogP contribution in [0.2, 0.25) is 0 Å². The first kappa shape index (κ1) is 14.7. The van der Waals surface area contributed by atoms with Crippen molar-refractivity contribution in [3.8, 4) is 0 Å². The average Bonchev–Trinajstić information content (AvgIpc) is 3.41. The first-order valence-corrected chi connectivity index (χ1v) is 11.0. The van der Waals surface area contributed by atoms with Crippen molar-refractivity contribution in [2.24, 2.45) is 0 Å². The Balaban J connectivity index is 1.59. The van der Waals surface area contributed by atoms with Crippen molar-refractivity contribution in [1.29, 1.82) is 0 Å². The Labute approximate surface area is 172 Å². The Kier molecular flexibility index (Phi) is 4.59. The number of hydrogen-bond acceptors (Lipinski definition) is 4. The molecule has 1 saturated heterocycles. The van der Waals surface area contributed by atoms with Crippen LogP contribution in [0.3, 0.4) is 0 Å². The summed E-state index contributed by atoms with van der Waals surface area (Å²) in [6.45, 7) is 0.691. The van der Waals surface area contributed by atoms with Gasteiger partial charge in [0.15, 0.2) is 0 Å². The first-order valence-electron chi connectivity index (χ1n) is 12.1. The summed E-state index contributed by atoms with van der Waals surface area (Å²) in [6, 6.07) is 1.54. The van der Waals surface area contributed by atoms with Crippen LogP contribution in [0.25, 0.3) is 0 Å². The largest absolute Gasteiger partial charge is 0.392 e. The maximum absolute atomic E-state index is 9.49. The number of aliphatic hydroxyl groups excluding tert-OH is 1. The van der Waals surface area contributed by atoms with Crippen molar-refractivity contribution in [3.05, 3.63) is 51.9 Å². The van der Waals surface area contributed by atoms with Gasteiger partial charge in [-0.15, -0.1) is 11.3 Å². The number of nitrogens with zero attached hydrogens (tertiary/aromatic N) is 1. The molecule has 0 radical (unpaired) electrons. The minimum absolute atomic E-state index is 0.0110. The highest BCUT2D eigenvalue weighted by Gasteiger charge is 2.48. The Morgan fingerprint density at radius 3 is 2.96 bits per heavy atom. The summed E-state index contributed by atoms with van der Waals surface area (Å²) in [7, 11) is 0. The van der Waals surface area contributed by atoms with Crippen molar-refractivity contribution in [3.63, 3.8) is 0 Å². The Morgan fingerprint density at radius 1 is 1.22 bits per heavy atom. The normalized spacial score (nSPS) is 26.6. The summed E-state index contributed by atoms with van der Waals surface area (Å²) in [5, 5.41) is 11.5. The van der Waals surface area contributed by atoms with Gasteiger partial charge in [-0.3, -0.25) is 4.98 Å². The third kappa shape index (κ3) is 4.13. The molecule has 146 valence electrons. The summed E-state index contributed by atoms with van der Waals surface area (Å²) in [5.74, 6) is 0. The SMILES string of the molecule is [2H]c1nc([C@]2(CCCCc3sccc3CO)CCOC3(CCCC3)C2)c([2H])c([2H])c1[2H]. The molecule has 3 nitrogen and oxygen atoms in total. The molecular formula is C23H31NO2S. The quantitative estimate of drug-likeness (QED) is 0.644. The monoisotopic (exact) mass is 389 g/mol. The molecule has 0 bridgehead atoms. The molecule has 1 saturated carbocycles. The highest BCUT2D eigenvalue weighted by Crippen LogP contribution is 2.50. The lowest BCUT2D eigenvalue weighted by Crippen LogP contribution is -2.46. The summed E-state index contributed by atoms with van der Waals surface area (Å²) < 4.78 is 39.1. The number of aryl methyl sites for hydroxylation is 1. The van der Waals surface area contributed by atoms with Crippen LogP contribution >= 0.6 is 11.3 Å². The van der Waals surface area contributed by atoms with Crippen molar-refractivity contribution >= 4 is 11.3 Å². The molecule has 3 heterocycles. The van der Waals surface area contributed by atoms with Gasteiger partial charge in [0, 0.05) is 28.8 Å². The van der Waals surface area contributed by atoms with E-state index in [0.717, 1.165) is 69.8 Å². The number of aromatic nitrogens is 1. The second-order valence-corrected chi connectivity index (χ2v) is 9.13. The van der Waals surface area contributed by atoms with Gasteiger partial charge in [0.1, 0.15) is 0 Å². The zero-order chi connectivity index (χ0) is 22.1. The van der Waals surface area contributed by atoms with E-state index < -0.39 is 0 Å². The van der Waals surface area contributed by atoms with Crippen molar-refractivity contribution < 1.29 is 15.3 Å². The van der Waals surface area contributed by atoms with Crippen molar-refractivity contribution in [2.75, 3.05) is 6.61 Å². The standard InChI is InChI=1S/C23H31NO2S/c25-17-19-9-16-27-20(19)7-1-3-10-22(21-8-2-6-14-24-21)13-15-26-23(18-22)11-4-5-12-23/h2,6,8-9,14,16,25H,1,3-5,7,10-13,15,17-18H2/t22-/m1/s1/i2D,6D,8D,14D. The number of aliphatic hydroxyl groups is 1. The van der Waals surface area contributed by atoms with Crippen LogP contribution in [0.5, 0.6) is 0 Å². The fraction of sp³-hybridized carbons (Fsp3) is 0.609. The van der Waals surface area contributed by atoms with Gasteiger partial charge in [0.2, 0.25) is 0 Å². The Bertz CT molecular complexity index is 929. The molecule has 4 heteroatoms. The fourth-order valence-corrected chi connectivity index (χ4v) is 5.99. The molecule has 1 N–H and O–H groups in total. The van der Waals surface area contributed by atoms with Gasteiger partial charge in [-0.1, -0.05) is 25.3 Å². The first-order chi connectivity index (χ1) is 14.9.